The Balaban J connectivity index is 1.49. The Morgan fingerprint density at radius 2 is 1.69 bits per heavy atom. The number of furan rings is 1. The smallest absolute Gasteiger partial charge is 0.416 e. The first kappa shape index (κ1) is 21.4. The molecule has 35 heavy (non-hydrogen) atoms. The van der Waals surface area contributed by atoms with Crippen molar-refractivity contribution in [1.29, 1.82) is 0 Å². The summed E-state index contributed by atoms with van der Waals surface area (Å²) in [5.41, 5.74) is 0.478. The van der Waals surface area contributed by atoms with Crippen LogP contribution in [0.15, 0.2) is 77.5 Å². The zero-order valence-corrected chi connectivity index (χ0v) is 18.0. The number of hydrogen-bond donors (Lipinski definition) is 0. The third-order valence-corrected chi connectivity index (χ3v) is 6.93. The summed E-state index contributed by atoms with van der Waals surface area (Å²) in [7, 11) is 0. The molecule has 2 saturated heterocycles. The van der Waals surface area contributed by atoms with E-state index in [2.05, 4.69) is 0 Å². The number of Topliss-reactive ketones (excluding diaryl/α,β-unsaturated/α-hetero) is 1. The number of nitrogens with zero attached hydrogens (tertiary/aromatic N) is 2. The van der Waals surface area contributed by atoms with Crippen molar-refractivity contribution in [2.75, 3.05) is 4.90 Å². The molecule has 0 saturated carbocycles. The molecule has 0 aliphatic carbocycles. The molecular formula is C26H17F3N2O4. The average molecular weight is 478 g/mol. The molecule has 1 aromatic heterocycles. The van der Waals surface area contributed by atoms with Gasteiger partial charge in [0.05, 0.1) is 35.4 Å². The van der Waals surface area contributed by atoms with Gasteiger partial charge >= 0.3 is 6.18 Å². The molecule has 9 heteroatoms. The number of halogens is 3. The molecule has 6 nitrogen and oxygen atoms in total. The van der Waals surface area contributed by atoms with Crippen LogP contribution in [0.5, 0.6) is 0 Å². The van der Waals surface area contributed by atoms with Gasteiger partial charge < -0.3 is 9.32 Å². The van der Waals surface area contributed by atoms with Crippen molar-refractivity contribution in [3.05, 3.63) is 95.6 Å². The lowest BCUT2D eigenvalue weighted by atomic mass is 9.84. The predicted molar refractivity (Wildman–Crippen MR) is 118 cm³/mol. The molecule has 0 radical (unpaired) electrons. The molecule has 0 unspecified atom stereocenters. The van der Waals surface area contributed by atoms with Crippen LogP contribution in [0.3, 0.4) is 0 Å². The Morgan fingerprint density at radius 3 is 2.43 bits per heavy atom. The quantitative estimate of drug-likeness (QED) is 0.403. The highest BCUT2D eigenvalue weighted by Gasteiger charge is 2.64. The van der Waals surface area contributed by atoms with Gasteiger partial charge in [0.25, 0.3) is 0 Å². The van der Waals surface area contributed by atoms with Gasteiger partial charge in [0.1, 0.15) is 6.04 Å². The number of anilines is 1. The minimum absolute atomic E-state index is 0.0411. The topological polar surface area (TPSA) is 70.8 Å². The Kier molecular flexibility index (Phi) is 4.54. The Morgan fingerprint density at radius 1 is 0.914 bits per heavy atom. The van der Waals surface area contributed by atoms with Gasteiger partial charge in [-0.3, -0.25) is 14.4 Å². The fraction of sp³-hybridized carbons (Fsp3) is 0.192. The van der Waals surface area contributed by atoms with Gasteiger partial charge in [-0.25, -0.2) is 4.90 Å². The van der Waals surface area contributed by atoms with Gasteiger partial charge in [-0.1, -0.05) is 30.3 Å². The molecule has 3 aliphatic heterocycles. The molecule has 3 aliphatic rings. The standard InChI is InChI=1S/C26H17F3N2O4/c27-26(28,29)15-6-3-7-16(13-15)31-24(33)19-20(25(31)34)22(23(32)18-9-4-12-35-18)30-11-10-14-5-1-2-8-17(14)21(19)30/h1-13,19-22H/t19-,20-,21+,22+/m1/s1. The molecule has 0 spiro atoms. The van der Waals surface area contributed by atoms with E-state index in [-0.39, 0.29) is 11.4 Å². The Bertz CT molecular complexity index is 1400. The summed E-state index contributed by atoms with van der Waals surface area (Å²) in [4.78, 5) is 43.4. The van der Waals surface area contributed by atoms with E-state index in [1.165, 1.54) is 18.4 Å². The Hall–Kier alpha value is -4.14. The molecule has 3 aromatic rings. The number of carbonyl (C=O) groups is 3. The lowest BCUT2D eigenvalue weighted by Crippen LogP contribution is -2.44. The molecule has 2 aromatic carbocycles. The molecular weight excluding hydrogens is 461 g/mol. The summed E-state index contributed by atoms with van der Waals surface area (Å²) in [5, 5.41) is 0. The number of benzene rings is 2. The fourth-order valence-corrected chi connectivity index (χ4v) is 5.50. The minimum Gasteiger partial charge on any atom is -0.461 e. The second-order valence-electron chi connectivity index (χ2n) is 8.73. The van der Waals surface area contributed by atoms with Crippen LogP contribution in [-0.2, 0) is 15.8 Å². The van der Waals surface area contributed by atoms with E-state index < -0.39 is 53.3 Å². The van der Waals surface area contributed by atoms with Gasteiger partial charge in [0, 0.05) is 6.20 Å². The lowest BCUT2D eigenvalue weighted by Gasteiger charge is -2.35. The highest BCUT2D eigenvalue weighted by Crippen LogP contribution is 2.53. The number of imide groups is 1. The van der Waals surface area contributed by atoms with Gasteiger partial charge in [-0.15, -0.1) is 0 Å². The van der Waals surface area contributed by atoms with Gasteiger partial charge in [-0.2, -0.15) is 13.2 Å². The molecule has 2 fully saturated rings. The molecule has 2 amide bonds. The summed E-state index contributed by atoms with van der Waals surface area (Å²) in [6.45, 7) is 0. The molecule has 6 rings (SSSR count). The first-order valence-electron chi connectivity index (χ1n) is 10.9. The van der Waals surface area contributed by atoms with Crippen LogP contribution in [0.25, 0.3) is 6.08 Å². The van der Waals surface area contributed by atoms with Crippen LogP contribution in [0.4, 0.5) is 18.9 Å². The SMILES string of the molecule is O=C(c1ccco1)[C@@H]1[C@@H]2C(=O)N(c3cccc(C(F)(F)F)c3)C(=O)[C@H]2[C@@H]2c3ccccc3C=CN12. The minimum atomic E-state index is -4.64. The summed E-state index contributed by atoms with van der Waals surface area (Å²) >= 11 is 0. The van der Waals surface area contributed by atoms with E-state index in [0.717, 1.165) is 34.2 Å². The van der Waals surface area contributed by atoms with Crippen molar-refractivity contribution in [3.8, 4) is 0 Å². The van der Waals surface area contributed by atoms with Crippen LogP contribution >= 0.6 is 0 Å². The number of hydrogen-bond acceptors (Lipinski definition) is 5. The second-order valence-corrected chi connectivity index (χ2v) is 8.73. The third kappa shape index (κ3) is 3.07. The van der Waals surface area contributed by atoms with Crippen LogP contribution < -0.4 is 4.90 Å². The number of ketones is 1. The van der Waals surface area contributed by atoms with Gasteiger partial charge in [0.2, 0.25) is 17.6 Å². The maximum Gasteiger partial charge on any atom is 0.416 e. The van der Waals surface area contributed by atoms with Crippen molar-refractivity contribution >= 4 is 29.4 Å². The fourth-order valence-electron chi connectivity index (χ4n) is 5.50. The Labute approximate surface area is 197 Å². The number of amides is 2. The summed E-state index contributed by atoms with van der Waals surface area (Å²) < 4.78 is 45.3. The van der Waals surface area contributed by atoms with Gasteiger partial charge in [-0.05, 0) is 47.5 Å². The number of alkyl halides is 3. The summed E-state index contributed by atoms with van der Waals surface area (Å²) in [5.74, 6) is -3.80. The third-order valence-electron chi connectivity index (χ3n) is 6.93. The average Bonchev–Trinajstić information content (AvgIpc) is 3.55. The van der Waals surface area contributed by atoms with E-state index in [1.54, 1.807) is 23.2 Å². The van der Waals surface area contributed by atoms with Crippen LogP contribution in [0.2, 0.25) is 0 Å². The number of carbonyl (C=O) groups excluding carboxylic acids is 3. The number of fused-ring (bicyclic) bond motifs is 5. The van der Waals surface area contributed by atoms with Crippen LogP contribution in [0.1, 0.15) is 33.3 Å². The second kappa shape index (κ2) is 7.43. The lowest BCUT2D eigenvalue weighted by molar-refractivity contribution is -0.137. The van der Waals surface area contributed by atoms with Crippen molar-refractivity contribution in [3.63, 3.8) is 0 Å². The largest absolute Gasteiger partial charge is 0.461 e. The molecule has 0 N–H and O–H groups in total. The molecule has 4 atom stereocenters. The predicted octanol–water partition coefficient (Wildman–Crippen LogP) is 4.70. The number of rotatable bonds is 3. The van der Waals surface area contributed by atoms with Crippen molar-refractivity contribution in [2.24, 2.45) is 11.8 Å². The van der Waals surface area contributed by atoms with Crippen LogP contribution in [0, 0.1) is 11.8 Å². The summed E-state index contributed by atoms with van der Waals surface area (Å²) in [6.07, 6.45) is 0.218. The molecule has 4 heterocycles. The van der Waals surface area contributed by atoms with E-state index in [4.69, 9.17) is 4.42 Å². The molecule has 0 bridgehead atoms. The van der Waals surface area contributed by atoms with Crippen molar-refractivity contribution in [1.82, 2.24) is 4.90 Å². The highest BCUT2D eigenvalue weighted by molar-refractivity contribution is 6.24. The maximum atomic E-state index is 13.7. The van der Waals surface area contributed by atoms with Gasteiger partial charge in [0.15, 0.2) is 5.76 Å². The normalized spacial score (nSPS) is 25.0. The zero-order chi connectivity index (χ0) is 24.5. The van der Waals surface area contributed by atoms with E-state index in [0.29, 0.717) is 0 Å². The first-order chi connectivity index (χ1) is 16.8. The summed E-state index contributed by atoms with van der Waals surface area (Å²) in [6, 6.07) is 12.8. The monoisotopic (exact) mass is 478 g/mol. The maximum absolute atomic E-state index is 13.7. The van der Waals surface area contributed by atoms with Crippen LogP contribution in [-0.4, -0.2) is 28.5 Å². The van der Waals surface area contributed by atoms with E-state index in [9.17, 15) is 27.6 Å². The highest BCUT2D eigenvalue weighted by atomic mass is 19.4. The van der Waals surface area contributed by atoms with E-state index >= 15 is 0 Å². The van der Waals surface area contributed by atoms with Crippen molar-refractivity contribution < 1.29 is 32.0 Å². The molecule has 176 valence electrons. The first-order valence-corrected chi connectivity index (χ1v) is 10.9. The van der Waals surface area contributed by atoms with E-state index in [1.807, 2.05) is 24.3 Å². The zero-order valence-electron chi connectivity index (χ0n) is 18.0. The van der Waals surface area contributed by atoms with Crippen molar-refractivity contribution in [2.45, 2.75) is 18.3 Å².